The lowest BCUT2D eigenvalue weighted by Gasteiger charge is -2.29. The van der Waals surface area contributed by atoms with E-state index in [1.165, 1.54) is 18.9 Å². The highest BCUT2D eigenvalue weighted by Crippen LogP contribution is 2.42. The first-order valence-corrected chi connectivity index (χ1v) is 9.72. The standard InChI is InChI=1S/C19H20F6N2O7/c1-3-11-8-13(34-19(23,24)25)9-12-10-14(16(18(20,21)22)33-15(11)12)17(28)31-6-4-26(2)5-7-32-27(29)30/h8-10,16H,3-7H2,1-2H3/t16-/m0/s1. The summed E-state index contributed by atoms with van der Waals surface area (Å²) in [6, 6.07) is 1.72. The lowest BCUT2D eigenvalue weighted by molar-refractivity contribution is -0.757. The van der Waals surface area contributed by atoms with Crippen LogP contribution in [-0.2, 0) is 20.8 Å². The molecule has 0 bridgehead atoms. The third kappa shape index (κ3) is 7.67. The van der Waals surface area contributed by atoms with Crippen LogP contribution in [-0.4, -0.2) is 67.9 Å². The molecule has 9 nitrogen and oxygen atoms in total. The average Bonchev–Trinajstić information content (AvgIpc) is 2.69. The summed E-state index contributed by atoms with van der Waals surface area (Å²) in [5, 5.41) is 9.12. The minimum absolute atomic E-state index is 0.0117. The molecule has 0 unspecified atom stereocenters. The second-order valence-corrected chi connectivity index (χ2v) is 7.04. The Morgan fingerprint density at radius 3 is 2.38 bits per heavy atom. The van der Waals surface area contributed by atoms with Crippen LogP contribution < -0.4 is 9.47 Å². The molecule has 1 aromatic carbocycles. The molecule has 1 aliphatic rings. The van der Waals surface area contributed by atoms with E-state index in [2.05, 4.69) is 9.57 Å². The number of carbonyl (C=O) groups is 1. The Balaban J connectivity index is 2.23. The molecule has 1 heterocycles. The number of nitrogens with zero attached hydrogens (tertiary/aromatic N) is 2. The fourth-order valence-electron chi connectivity index (χ4n) is 2.98. The number of carbonyl (C=O) groups excluding carboxylic acids is 1. The molecule has 1 aromatic rings. The van der Waals surface area contributed by atoms with E-state index in [1.54, 1.807) is 0 Å². The van der Waals surface area contributed by atoms with Crippen LogP contribution in [0.15, 0.2) is 17.7 Å². The van der Waals surface area contributed by atoms with Gasteiger partial charge in [0.05, 0.1) is 5.57 Å². The quantitative estimate of drug-likeness (QED) is 0.207. The first-order valence-electron chi connectivity index (χ1n) is 9.72. The van der Waals surface area contributed by atoms with E-state index in [4.69, 9.17) is 9.47 Å². The van der Waals surface area contributed by atoms with Crippen molar-refractivity contribution in [2.75, 3.05) is 33.4 Å². The van der Waals surface area contributed by atoms with Crippen molar-refractivity contribution in [3.05, 3.63) is 38.9 Å². The van der Waals surface area contributed by atoms with Crippen LogP contribution in [0.3, 0.4) is 0 Å². The van der Waals surface area contributed by atoms with Crippen LogP contribution in [0.4, 0.5) is 26.3 Å². The van der Waals surface area contributed by atoms with Crippen molar-refractivity contribution in [2.45, 2.75) is 32.0 Å². The van der Waals surface area contributed by atoms with Gasteiger partial charge in [0.1, 0.15) is 24.7 Å². The van der Waals surface area contributed by atoms with Crippen molar-refractivity contribution in [1.29, 1.82) is 0 Å². The Morgan fingerprint density at radius 1 is 1.18 bits per heavy atom. The van der Waals surface area contributed by atoms with Gasteiger partial charge >= 0.3 is 18.5 Å². The summed E-state index contributed by atoms with van der Waals surface area (Å²) in [5.41, 5.74) is -1.14. The summed E-state index contributed by atoms with van der Waals surface area (Å²) in [6.45, 7) is 0.938. The molecule has 0 saturated heterocycles. The largest absolute Gasteiger partial charge is 0.573 e. The zero-order valence-corrected chi connectivity index (χ0v) is 17.9. The number of esters is 1. The van der Waals surface area contributed by atoms with Gasteiger partial charge in [0.25, 0.3) is 5.09 Å². The van der Waals surface area contributed by atoms with Crippen molar-refractivity contribution in [1.82, 2.24) is 4.90 Å². The number of hydrogen-bond acceptors (Lipinski definition) is 8. The summed E-state index contributed by atoms with van der Waals surface area (Å²) < 4.78 is 92.4. The Bertz CT molecular complexity index is 933. The zero-order chi connectivity index (χ0) is 25.7. The highest BCUT2D eigenvalue weighted by atomic mass is 19.4. The van der Waals surface area contributed by atoms with Crippen molar-refractivity contribution < 1.29 is 55.3 Å². The predicted octanol–water partition coefficient (Wildman–Crippen LogP) is 3.54. The van der Waals surface area contributed by atoms with Gasteiger partial charge in [-0.05, 0) is 37.2 Å². The van der Waals surface area contributed by atoms with E-state index in [-0.39, 0.29) is 49.6 Å². The molecular formula is C19H20F6N2O7. The minimum Gasteiger partial charge on any atom is -0.475 e. The predicted molar refractivity (Wildman–Crippen MR) is 102 cm³/mol. The van der Waals surface area contributed by atoms with E-state index in [0.717, 1.165) is 18.2 Å². The van der Waals surface area contributed by atoms with Crippen molar-refractivity contribution in [3.8, 4) is 11.5 Å². The summed E-state index contributed by atoms with van der Waals surface area (Å²) >= 11 is 0. The average molecular weight is 502 g/mol. The number of alkyl halides is 6. The molecular weight excluding hydrogens is 482 g/mol. The second kappa shape index (κ2) is 10.8. The zero-order valence-electron chi connectivity index (χ0n) is 17.9. The van der Waals surface area contributed by atoms with Gasteiger partial charge in [-0.2, -0.15) is 13.2 Å². The Morgan fingerprint density at radius 2 is 1.82 bits per heavy atom. The summed E-state index contributed by atoms with van der Waals surface area (Å²) in [4.78, 5) is 28.1. The molecule has 0 spiro atoms. The van der Waals surface area contributed by atoms with E-state index >= 15 is 0 Å². The Hall–Kier alpha value is -3.23. The number of hydrogen-bond donors (Lipinski definition) is 0. The fourth-order valence-corrected chi connectivity index (χ4v) is 2.98. The summed E-state index contributed by atoms with van der Waals surface area (Å²) in [7, 11) is 1.50. The van der Waals surface area contributed by atoms with Gasteiger partial charge in [-0.1, -0.05) is 6.92 Å². The second-order valence-electron chi connectivity index (χ2n) is 7.04. The maximum atomic E-state index is 13.6. The van der Waals surface area contributed by atoms with Crippen molar-refractivity contribution in [3.63, 3.8) is 0 Å². The monoisotopic (exact) mass is 502 g/mol. The number of fused-ring (bicyclic) bond motifs is 1. The third-order valence-electron chi connectivity index (χ3n) is 4.52. The van der Waals surface area contributed by atoms with Gasteiger partial charge in [0.2, 0.25) is 6.10 Å². The number of ether oxygens (including phenoxy) is 3. The van der Waals surface area contributed by atoms with Gasteiger partial charge in [0, 0.05) is 18.7 Å². The number of rotatable bonds is 10. The smallest absolute Gasteiger partial charge is 0.475 e. The molecule has 0 saturated carbocycles. The highest BCUT2D eigenvalue weighted by molar-refractivity contribution is 5.96. The molecule has 34 heavy (non-hydrogen) atoms. The van der Waals surface area contributed by atoms with E-state index < -0.39 is 41.0 Å². The number of halogens is 6. The molecule has 15 heteroatoms. The van der Waals surface area contributed by atoms with E-state index in [1.807, 2.05) is 0 Å². The molecule has 0 radical (unpaired) electrons. The Labute approximate surface area is 188 Å². The van der Waals surface area contributed by atoms with Gasteiger partial charge < -0.3 is 23.9 Å². The van der Waals surface area contributed by atoms with Crippen molar-refractivity contribution in [2.24, 2.45) is 0 Å². The molecule has 2 rings (SSSR count). The molecule has 0 aliphatic carbocycles. The molecule has 0 N–H and O–H groups in total. The first kappa shape index (κ1) is 27.0. The number of likely N-dealkylation sites (N-methyl/N-ethyl adjacent to an activating group) is 1. The molecule has 1 atom stereocenters. The van der Waals surface area contributed by atoms with Crippen LogP contribution in [0.1, 0.15) is 18.1 Å². The molecule has 1 aliphatic heterocycles. The van der Waals surface area contributed by atoms with E-state index in [0.29, 0.717) is 0 Å². The van der Waals surface area contributed by atoms with Crippen LogP contribution >= 0.6 is 0 Å². The summed E-state index contributed by atoms with van der Waals surface area (Å²) in [5.74, 6) is -2.38. The fraction of sp³-hybridized carbons (Fsp3) is 0.526. The number of aryl methyl sites for hydroxylation is 1. The number of benzene rings is 1. The Kier molecular flexibility index (Phi) is 8.58. The maximum Gasteiger partial charge on any atom is 0.573 e. The van der Waals surface area contributed by atoms with Crippen LogP contribution in [0.2, 0.25) is 0 Å². The normalized spacial score (nSPS) is 15.8. The summed E-state index contributed by atoms with van der Waals surface area (Å²) in [6.07, 6.45) is -12.0. The maximum absolute atomic E-state index is 13.6. The molecule has 190 valence electrons. The lowest BCUT2D eigenvalue weighted by atomic mass is 9.97. The molecule has 0 fully saturated rings. The molecule has 0 amide bonds. The van der Waals surface area contributed by atoms with Gasteiger partial charge in [-0.25, -0.2) is 4.79 Å². The van der Waals surface area contributed by atoms with Crippen LogP contribution in [0, 0.1) is 10.1 Å². The van der Waals surface area contributed by atoms with Gasteiger partial charge in [-0.3, -0.25) is 0 Å². The topological polar surface area (TPSA) is 100 Å². The van der Waals surface area contributed by atoms with Crippen LogP contribution in [0.25, 0.3) is 6.08 Å². The third-order valence-corrected chi connectivity index (χ3v) is 4.52. The molecule has 0 aromatic heterocycles. The van der Waals surface area contributed by atoms with E-state index in [9.17, 15) is 41.3 Å². The SMILES string of the molecule is CCc1cc(OC(F)(F)F)cc2c1O[C@H](C(F)(F)F)C(C(=O)OCCN(C)CCO[N+](=O)[O-])=C2. The minimum atomic E-state index is -5.04. The van der Waals surface area contributed by atoms with Crippen molar-refractivity contribution >= 4 is 12.0 Å². The first-order chi connectivity index (χ1) is 15.7. The lowest BCUT2D eigenvalue weighted by Crippen LogP contribution is -2.41. The van der Waals surface area contributed by atoms with Gasteiger partial charge in [0.15, 0.2) is 0 Å². The van der Waals surface area contributed by atoms with Gasteiger partial charge in [-0.15, -0.1) is 23.3 Å². The van der Waals surface area contributed by atoms with Crippen LogP contribution in [0.5, 0.6) is 11.5 Å². The highest BCUT2D eigenvalue weighted by Gasteiger charge is 2.49.